The molecule has 0 unspecified atom stereocenters. The van der Waals surface area contributed by atoms with E-state index in [2.05, 4.69) is 172 Å². The van der Waals surface area contributed by atoms with Crippen LogP contribution in [0.4, 0.5) is 0 Å². The molecule has 0 bridgehead atoms. The highest BCUT2D eigenvalue weighted by Gasteiger charge is 2.36. The molecule has 0 amide bonds. The van der Waals surface area contributed by atoms with Gasteiger partial charge in [-0.15, -0.1) is 0 Å². The summed E-state index contributed by atoms with van der Waals surface area (Å²) < 4.78 is 4.65. The van der Waals surface area contributed by atoms with Crippen LogP contribution in [0.15, 0.2) is 158 Å². The molecule has 0 saturated carbocycles. The zero-order valence-corrected chi connectivity index (χ0v) is 28.3. The molecular formula is C47H32N4. The average Bonchev–Trinajstić information content (AvgIpc) is 3.76. The highest BCUT2D eigenvalue weighted by atomic mass is 15.1. The first-order chi connectivity index (χ1) is 25.0. The average molecular weight is 653 g/mol. The maximum atomic E-state index is 4.64. The largest absolute Gasteiger partial charge is 0.309 e. The minimum Gasteiger partial charge on any atom is -0.309 e. The van der Waals surface area contributed by atoms with Crippen LogP contribution in [0.5, 0.6) is 0 Å². The van der Waals surface area contributed by atoms with Crippen molar-refractivity contribution in [3.8, 4) is 33.8 Å². The van der Waals surface area contributed by atoms with Crippen molar-refractivity contribution in [1.29, 1.82) is 0 Å². The van der Waals surface area contributed by atoms with Crippen LogP contribution in [0.3, 0.4) is 0 Å². The Bertz CT molecular complexity index is 3050. The number of fused-ring (bicyclic) bond motifs is 10. The molecule has 51 heavy (non-hydrogen) atoms. The van der Waals surface area contributed by atoms with Gasteiger partial charge in [-0.1, -0.05) is 92.7 Å². The summed E-state index contributed by atoms with van der Waals surface area (Å²) in [4.78, 5) is 8.99. The minimum absolute atomic E-state index is 0.106. The Balaban J connectivity index is 1.07. The van der Waals surface area contributed by atoms with Crippen molar-refractivity contribution in [2.45, 2.75) is 19.3 Å². The number of aromatic nitrogens is 4. The van der Waals surface area contributed by atoms with Crippen molar-refractivity contribution in [3.05, 3.63) is 169 Å². The van der Waals surface area contributed by atoms with Crippen molar-refractivity contribution in [2.75, 3.05) is 0 Å². The van der Waals surface area contributed by atoms with Gasteiger partial charge in [-0.2, -0.15) is 0 Å². The number of hydrogen-bond acceptors (Lipinski definition) is 2. The van der Waals surface area contributed by atoms with Crippen LogP contribution in [-0.4, -0.2) is 19.1 Å². The molecule has 4 nitrogen and oxygen atoms in total. The maximum Gasteiger partial charge on any atom is 0.156 e. The molecule has 4 heteroatoms. The van der Waals surface area contributed by atoms with Crippen molar-refractivity contribution < 1.29 is 0 Å². The lowest BCUT2D eigenvalue weighted by Gasteiger charge is -2.22. The molecule has 240 valence electrons. The van der Waals surface area contributed by atoms with Gasteiger partial charge in [-0.05, 0) is 105 Å². The van der Waals surface area contributed by atoms with E-state index < -0.39 is 0 Å². The van der Waals surface area contributed by atoms with Gasteiger partial charge in [0.2, 0.25) is 0 Å². The van der Waals surface area contributed by atoms with Crippen LogP contribution >= 0.6 is 0 Å². The molecule has 3 aromatic heterocycles. The van der Waals surface area contributed by atoms with Gasteiger partial charge in [0.25, 0.3) is 0 Å². The Labute approximate surface area is 294 Å². The molecule has 0 radical (unpaired) electrons. The Kier molecular flexibility index (Phi) is 5.70. The van der Waals surface area contributed by atoms with Crippen LogP contribution < -0.4 is 0 Å². The number of rotatable bonds is 3. The van der Waals surface area contributed by atoms with Gasteiger partial charge in [-0.25, -0.2) is 4.98 Å². The molecule has 7 aromatic carbocycles. The molecule has 0 atom stereocenters. The number of para-hydroxylation sites is 2. The first kappa shape index (κ1) is 28.3. The molecule has 0 spiro atoms. The zero-order chi connectivity index (χ0) is 33.8. The number of nitrogens with zero attached hydrogens (tertiary/aromatic N) is 4. The summed E-state index contributed by atoms with van der Waals surface area (Å²) in [7, 11) is 0. The Morgan fingerprint density at radius 3 is 1.75 bits per heavy atom. The second-order valence-electron chi connectivity index (χ2n) is 14.3. The van der Waals surface area contributed by atoms with Gasteiger partial charge in [0.1, 0.15) is 0 Å². The number of benzene rings is 7. The monoisotopic (exact) mass is 652 g/mol. The van der Waals surface area contributed by atoms with E-state index in [1.54, 1.807) is 12.4 Å². The van der Waals surface area contributed by atoms with E-state index in [1.807, 2.05) is 6.20 Å². The SMILES string of the molecule is CC1(C)c2cc(-n3c4ccccc4c4cc(-c5ccc6c(c5)c5ccccc5n6-c5cnccn5)ccc43)ccc2-c2cc3ccccc3cc21. The van der Waals surface area contributed by atoms with Crippen LogP contribution in [0, 0.1) is 0 Å². The predicted molar refractivity (Wildman–Crippen MR) is 211 cm³/mol. The molecule has 0 aliphatic heterocycles. The standard InChI is InChI=1S/C47H32N4/c1-47(2)40-26-30-10-4-3-9-29(30)23-37(40)34-18-17-33(27-41(34)47)50-42-13-7-5-11-35(42)38-24-31(15-19-44(38)50)32-16-20-45-39(25-32)36-12-6-8-14-43(36)51(45)46-28-48-21-22-49-46/h3-28H,1-2H3. The third-order valence-electron chi connectivity index (χ3n) is 11.2. The van der Waals surface area contributed by atoms with Crippen LogP contribution in [0.2, 0.25) is 0 Å². The highest BCUT2D eigenvalue weighted by Crippen LogP contribution is 2.51. The summed E-state index contributed by atoms with van der Waals surface area (Å²) in [6, 6.07) is 51.7. The Morgan fingerprint density at radius 2 is 1.06 bits per heavy atom. The Morgan fingerprint density at radius 1 is 0.471 bits per heavy atom. The van der Waals surface area contributed by atoms with Gasteiger partial charge < -0.3 is 4.57 Å². The molecule has 3 heterocycles. The lowest BCUT2D eigenvalue weighted by molar-refractivity contribution is 0.660. The second-order valence-corrected chi connectivity index (χ2v) is 14.3. The Hall–Kier alpha value is -6.52. The fraction of sp³-hybridized carbons (Fsp3) is 0.0638. The fourth-order valence-corrected chi connectivity index (χ4v) is 8.79. The van der Waals surface area contributed by atoms with Crippen LogP contribution in [0.25, 0.3) is 88.1 Å². The smallest absolute Gasteiger partial charge is 0.156 e. The third kappa shape index (κ3) is 3.96. The molecule has 11 rings (SSSR count). The van der Waals surface area contributed by atoms with E-state index in [4.69, 9.17) is 0 Å². The summed E-state index contributed by atoms with van der Waals surface area (Å²) >= 11 is 0. The highest BCUT2D eigenvalue weighted by molar-refractivity contribution is 6.12. The van der Waals surface area contributed by atoms with Crippen molar-refractivity contribution in [2.24, 2.45) is 0 Å². The molecule has 1 aliphatic carbocycles. The lowest BCUT2D eigenvalue weighted by atomic mass is 9.81. The summed E-state index contributed by atoms with van der Waals surface area (Å²) in [6.45, 7) is 4.74. The predicted octanol–water partition coefficient (Wildman–Crippen LogP) is 11.8. The molecule has 0 saturated heterocycles. The fourth-order valence-electron chi connectivity index (χ4n) is 8.79. The van der Waals surface area contributed by atoms with E-state index in [-0.39, 0.29) is 5.41 Å². The van der Waals surface area contributed by atoms with Crippen molar-refractivity contribution >= 4 is 54.4 Å². The van der Waals surface area contributed by atoms with Gasteiger partial charge in [-0.3, -0.25) is 9.55 Å². The zero-order valence-electron chi connectivity index (χ0n) is 28.3. The van der Waals surface area contributed by atoms with E-state index in [0.29, 0.717) is 0 Å². The van der Waals surface area contributed by atoms with Gasteiger partial charge in [0.05, 0.1) is 28.3 Å². The maximum absolute atomic E-state index is 4.64. The molecule has 0 N–H and O–H groups in total. The summed E-state index contributed by atoms with van der Waals surface area (Å²) in [5.74, 6) is 0.818. The summed E-state index contributed by atoms with van der Waals surface area (Å²) in [5, 5.41) is 7.49. The van der Waals surface area contributed by atoms with E-state index in [0.717, 1.165) is 16.9 Å². The van der Waals surface area contributed by atoms with E-state index >= 15 is 0 Å². The minimum atomic E-state index is -0.106. The van der Waals surface area contributed by atoms with E-state index in [9.17, 15) is 0 Å². The van der Waals surface area contributed by atoms with Crippen molar-refractivity contribution in [1.82, 2.24) is 19.1 Å². The number of hydrogen-bond donors (Lipinski definition) is 0. The van der Waals surface area contributed by atoms with Crippen LogP contribution in [0.1, 0.15) is 25.0 Å². The van der Waals surface area contributed by atoms with E-state index in [1.165, 1.54) is 82.4 Å². The topological polar surface area (TPSA) is 35.6 Å². The summed E-state index contributed by atoms with van der Waals surface area (Å²) in [6.07, 6.45) is 5.29. The first-order valence-corrected chi connectivity index (χ1v) is 17.6. The van der Waals surface area contributed by atoms with Crippen LogP contribution in [-0.2, 0) is 5.41 Å². The molecule has 0 fully saturated rings. The first-order valence-electron chi connectivity index (χ1n) is 17.6. The third-order valence-corrected chi connectivity index (χ3v) is 11.2. The lowest BCUT2D eigenvalue weighted by Crippen LogP contribution is -2.15. The van der Waals surface area contributed by atoms with Gasteiger partial charge >= 0.3 is 0 Å². The second kappa shape index (κ2) is 10.3. The summed E-state index contributed by atoms with van der Waals surface area (Å²) in [5.41, 5.74) is 13.6. The van der Waals surface area contributed by atoms with Gasteiger partial charge in [0.15, 0.2) is 5.82 Å². The molecule has 1 aliphatic rings. The molecule has 10 aromatic rings. The van der Waals surface area contributed by atoms with Crippen molar-refractivity contribution in [3.63, 3.8) is 0 Å². The quantitative estimate of drug-likeness (QED) is 0.190. The van der Waals surface area contributed by atoms with Gasteiger partial charge in [0, 0.05) is 45.0 Å². The molecular weight excluding hydrogens is 621 g/mol. The normalized spacial score (nSPS) is 13.5.